The molecule has 0 bridgehead atoms. The summed E-state index contributed by atoms with van der Waals surface area (Å²) in [5.74, 6) is 0.595. The lowest BCUT2D eigenvalue weighted by atomic mass is 10.0. The maximum absolute atomic E-state index is 12.8. The monoisotopic (exact) mass is 427 g/mol. The zero-order valence-corrected chi connectivity index (χ0v) is 18.4. The lowest BCUT2D eigenvalue weighted by molar-refractivity contribution is -0.134. The Hall–Kier alpha value is -1.15. The largest absolute Gasteiger partial charge is 0.339 e. The first kappa shape index (κ1) is 21.6. The molecule has 0 unspecified atom stereocenters. The third kappa shape index (κ3) is 4.87. The van der Waals surface area contributed by atoms with Crippen molar-refractivity contribution in [2.24, 2.45) is 5.92 Å². The third-order valence-corrected chi connectivity index (χ3v) is 8.03. The number of benzene rings is 1. The minimum Gasteiger partial charge on any atom is -0.339 e. The molecule has 1 aliphatic heterocycles. The Labute approximate surface area is 173 Å². The highest BCUT2D eigenvalue weighted by Crippen LogP contribution is 2.30. The molecule has 1 aromatic rings. The van der Waals surface area contributed by atoms with Gasteiger partial charge in [0.1, 0.15) is 0 Å². The second-order valence-corrected chi connectivity index (χ2v) is 10.5. The van der Waals surface area contributed by atoms with Crippen molar-refractivity contribution in [2.75, 3.05) is 32.7 Å². The third-order valence-electron chi connectivity index (χ3n) is 5.86. The molecule has 1 saturated carbocycles. The fourth-order valence-corrected chi connectivity index (χ4v) is 5.13. The van der Waals surface area contributed by atoms with Gasteiger partial charge in [-0.25, -0.2) is 8.42 Å². The van der Waals surface area contributed by atoms with E-state index in [1.165, 1.54) is 16.4 Å². The molecule has 0 radical (unpaired) electrons. The summed E-state index contributed by atoms with van der Waals surface area (Å²) in [4.78, 5) is 17.2. The minimum atomic E-state index is -3.55. The Morgan fingerprint density at radius 1 is 1.11 bits per heavy atom. The van der Waals surface area contributed by atoms with Gasteiger partial charge in [0.15, 0.2) is 0 Å². The molecule has 1 amide bonds. The van der Waals surface area contributed by atoms with Crippen molar-refractivity contribution in [1.82, 2.24) is 14.1 Å². The van der Waals surface area contributed by atoms with E-state index in [0.29, 0.717) is 55.7 Å². The van der Waals surface area contributed by atoms with Crippen molar-refractivity contribution in [1.29, 1.82) is 0 Å². The average molecular weight is 428 g/mol. The van der Waals surface area contributed by atoms with Crippen LogP contribution in [-0.2, 0) is 14.8 Å². The van der Waals surface area contributed by atoms with Gasteiger partial charge >= 0.3 is 0 Å². The predicted octanol–water partition coefficient (Wildman–Crippen LogP) is 2.68. The van der Waals surface area contributed by atoms with E-state index in [4.69, 9.17) is 11.6 Å². The number of halogens is 1. The highest BCUT2D eigenvalue weighted by molar-refractivity contribution is 7.89. The minimum absolute atomic E-state index is 0.0999. The van der Waals surface area contributed by atoms with E-state index in [1.807, 2.05) is 0 Å². The zero-order chi connectivity index (χ0) is 20.5. The molecule has 156 valence electrons. The Kier molecular flexibility index (Phi) is 6.69. The van der Waals surface area contributed by atoms with Gasteiger partial charge in [-0.05, 0) is 49.9 Å². The number of sulfonamides is 1. The Bertz CT molecular complexity index is 785. The van der Waals surface area contributed by atoms with Crippen LogP contribution in [0.3, 0.4) is 0 Å². The van der Waals surface area contributed by atoms with Crippen molar-refractivity contribution < 1.29 is 13.2 Å². The van der Waals surface area contributed by atoms with Crippen molar-refractivity contribution in [3.05, 3.63) is 29.3 Å². The second kappa shape index (κ2) is 8.69. The molecule has 1 saturated heterocycles. The summed E-state index contributed by atoms with van der Waals surface area (Å²) in [5.41, 5.74) is 0. The van der Waals surface area contributed by atoms with Crippen LogP contribution in [-0.4, -0.2) is 73.2 Å². The van der Waals surface area contributed by atoms with Crippen LogP contribution >= 0.6 is 11.6 Å². The molecule has 1 aromatic carbocycles. The molecular weight excluding hydrogens is 398 g/mol. The highest BCUT2D eigenvalue weighted by Gasteiger charge is 2.36. The van der Waals surface area contributed by atoms with Gasteiger partial charge in [0.2, 0.25) is 15.9 Å². The average Bonchev–Trinajstić information content (AvgIpc) is 3.51. The first-order valence-corrected chi connectivity index (χ1v) is 11.8. The molecular formula is C20H30ClN3O3S. The molecule has 6 nitrogen and oxygen atoms in total. The molecule has 2 aliphatic rings. The molecule has 0 spiro atoms. The van der Waals surface area contributed by atoms with Gasteiger partial charge in [0, 0.05) is 43.3 Å². The standard InChI is InChI=1S/C20H30ClN3O3S/c1-15(2)16(3)24(18-6-7-18)14-20(25)22-10-12-23(13-11-22)28(26,27)19-8-4-17(21)5-9-19/h4-5,8-9,15-16,18H,6-7,10-14H2,1-3H3/t16-/m0/s1. The van der Waals surface area contributed by atoms with Gasteiger partial charge in [0.25, 0.3) is 0 Å². The summed E-state index contributed by atoms with van der Waals surface area (Å²) >= 11 is 5.85. The van der Waals surface area contributed by atoms with Crippen LogP contribution in [0.5, 0.6) is 0 Å². The van der Waals surface area contributed by atoms with Crippen LogP contribution < -0.4 is 0 Å². The van der Waals surface area contributed by atoms with Gasteiger partial charge in [-0.1, -0.05) is 25.4 Å². The zero-order valence-electron chi connectivity index (χ0n) is 16.8. The first-order chi connectivity index (χ1) is 13.2. The van der Waals surface area contributed by atoms with Crippen LogP contribution in [0.1, 0.15) is 33.6 Å². The first-order valence-electron chi connectivity index (χ1n) is 9.99. The number of hydrogen-bond donors (Lipinski definition) is 0. The Morgan fingerprint density at radius 2 is 1.68 bits per heavy atom. The van der Waals surface area contributed by atoms with Gasteiger partial charge in [-0.3, -0.25) is 9.69 Å². The number of carbonyl (C=O) groups excluding carboxylic acids is 1. The molecule has 28 heavy (non-hydrogen) atoms. The molecule has 2 fully saturated rings. The summed E-state index contributed by atoms with van der Waals surface area (Å²) in [6, 6.07) is 7.09. The fraction of sp³-hybridized carbons (Fsp3) is 0.650. The van der Waals surface area contributed by atoms with E-state index >= 15 is 0 Å². The van der Waals surface area contributed by atoms with Crippen LogP contribution in [0.2, 0.25) is 5.02 Å². The van der Waals surface area contributed by atoms with E-state index in [-0.39, 0.29) is 10.8 Å². The van der Waals surface area contributed by atoms with Crippen molar-refractivity contribution in [3.63, 3.8) is 0 Å². The maximum atomic E-state index is 12.8. The van der Waals surface area contributed by atoms with Crippen molar-refractivity contribution >= 4 is 27.5 Å². The van der Waals surface area contributed by atoms with Gasteiger partial charge in [-0.2, -0.15) is 4.31 Å². The number of piperazine rings is 1. The van der Waals surface area contributed by atoms with Gasteiger partial charge in [0.05, 0.1) is 11.4 Å². The van der Waals surface area contributed by atoms with Crippen LogP contribution in [0, 0.1) is 5.92 Å². The molecule has 1 atom stereocenters. The molecule has 8 heteroatoms. The number of hydrogen-bond acceptors (Lipinski definition) is 4. The van der Waals surface area contributed by atoms with E-state index < -0.39 is 10.0 Å². The van der Waals surface area contributed by atoms with Crippen molar-refractivity contribution in [2.45, 2.75) is 50.6 Å². The smallest absolute Gasteiger partial charge is 0.243 e. The second-order valence-electron chi connectivity index (χ2n) is 8.13. The summed E-state index contributed by atoms with van der Waals surface area (Å²) < 4.78 is 27.0. The summed E-state index contributed by atoms with van der Waals surface area (Å²) in [7, 11) is -3.55. The molecule has 0 aromatic heterocycles. The summed E-state index contributed by atoms with van der Waals surface area (Å²) in [6.45, 7) is 8.48. The van der Waals surface area contributed by atoms with Gasteiger partial charge < -0.3 is 4.90 Å². The van der Waals surface area contributed by atoms with E-state index in [0.717, 1.165) is 12.8 Å². The van der Waals surface area contributed by atoms with E-state index in [1.54, 1.807) is 17.0 Å². The fourth-order valence-electron chi connectivity index (χ4n) is 3.58. The quantitative estimate of drug-likeness (QED) is 0.671. The normalized spacial score (nSPS) is 20.0. The summed E-state index contributed by atoms with van der Waals surface area (Å²) in [6.07, 6.45) is 2.33. The van der Waals surface area contributed by atoms with Crippen LogP contribution in [0.15, 0.2) is 29.2 Å². The lowest BCUT2D eigenvalue weighted by Crippen LogP contribution is -2.53. The van der Waals surface area contributed by atoms with Crippen LogP contribution in [0.25, 0.3) is 0 Å². The number of nitrogens with zero attached hydrogens (tertiary/aromatic N) is 3. The Morgan fingerprint density at radius 3 is 2.18 bits per heavy atom. The van der Waals surface area contributed by atoms with Crippen LogP contribution in [0.4, 0.5) is 0 Å². The molecule has 1 aliphatic carbocycles. The number of amides is 1. The topological polar surface area (TPSA) is 60.9 Å². The SMILES string of the molecule is CC(C)[C@H](C)N(CC(=O)N1CCN(S(=O)(=O)c2ccc(Cl)cc2)CC1)C1CC1. The van der Waals surface area contributed by atoms with Crippen molar-refractivity contribution in [3.8, 4) is 0 Å². The molecule has 3 rings (SSSR count). The lowest BCUT2D eigenvalue weighted by Gasteiger charge is -2.37. The molecule has 1 heterocycles. The number of rotatable bonds is 7. The molecule has 0 N–H and O–H groups in total. The van der Waals surface area contributed by atoms with E-state index in [9.17, 15) is 13.2 Å². The number of carbonyl (C=O) groups is 1. The maximum Gasteiger partial charge on any atom is 0.243 e. The van der Waals surface area contributed by atoms with Gasteiger partial charge in [-0.15, -0.1) is 0 Å². The highest BCUT2D eigenvalue weighted by atomic mass is 35.5. The summed E-state index contributed by atoms with van der Waals surface area (Å²) in [5, 5.41) is 0.505. The Balaban J connectivity index is 1.58. The van der Waals surface area contributed by atoms with E-state index in [2.05, 4.69) is 25.7 Å². The predicted molar refractivity (Wildman–Crippen MR) is 111 cm³/mol.